The van der Waals surface area contributed by atoms with Crippen molar-refractivity contribution in [2.24, 2.45) is 0 Å². The fraction of sp³-hybridized carbons (Fsp3) is 0.417. The second-order valence-electron chi connectivity index (χ2n) is 3.34. The number of thioether (sulfide) groups is 1. The van der Waals surface area contributed by atoms with E-state index in [0.717, 1.165) is 29.2 Å². The normalized spacial score (nSPS) is 9.69. The van der Waals surface area contributed by atoms with Crippen LogP contribution in [0.1, 0.15) is 24.8 Å². The first-order valence-electron chi connectivity index (χ1n) is 5.24. The van der Waals surface area contributed by atoms with Gasteiger partial charge in [0.15, 0.2) is 0 Å². The Labute approximate surface area is 106 Å². The number of aromatic nitrogens is 1. The molecule has 2 nitrogen and oxygen atoms in total. The molecule has 0 saturated carbocycles. The summed E-state index contributed by atoms with van der Waals surface area (Å²) in [5.74, 6) is 0.822. The zero-order valence-electron chi connectivity index (χ0n) is 9.06. The molecule has 0 fully saturated rings. The molecule has 4 heteroatoms. The number of rotatable bonds is 6. The molecule has 1 heterocycles. The predicted octanol–water partition coefficient (Wildman–Crippen LogP) is 3.38. The minimum Gasteiger partial charge on any atom is -0.264 e. The molecule has 16 heavy (non-hydrogen) atoms. The van der Waals surface area contributed by atoms with E-state index in [1.807, 2.05) is 12.3 Å². The molecule has 0 aliphatic rings. The van der Waals surface area contributed by atoms with E-state index in [-0.39, 0.29) is 0 Å². The number of thiocarbonyl (C=S) groups is 1. The Hall–Kier alpha value is -0.920. The average molecular weight is 250 g/mol. The monoisotopic (exact) mass is 250 g/mol. The van der Waals surface area contributed by atoms with Gasteiger partial charge in [0.2, 0.25) is 0 Å². The average Bonchev–Trinajstić information content (AvgIpc) is 2.31. The Kier molecular flexibility index (Phi) is 6.78. The molecule has 0 aromatic carbocycles. The molecule has 84 valence electrons. The Bertz CT molecular complexity index is 357. The van der Waals surface area contributed by atoms with Crippen molar-refractivity contribution in [1.29, 1.82) is 5.26 Å². The molecule has 0 radical (unpaired) electrons. The highest BCUT2D eigenvalue weighted by Gasteiger charge is 1.99. The van der Waals surface area contributed by atoms with Crippen molar-refractivity contribution in [3.63, 3.8) is 0 Å². The Morgan fingerprint density at radius 1 is 1.56 bits per heavy atom. The lowest BCUT2D eigenvalue weighted by Gasteiger charge is -2.02. The molecule has 0 spiro atoms. The molecule has 0 bridgehead atoms. The van der Waals surface area contributed by atoms with Crippen molar-refractivity contribution in [3.8, 4) is 6.07 Å². The van der Waals surface area contributed by atoms with Gasteiger partial charge in [-0.1, -0.05) is 18.3 Å². The quantitative estimate of drug-likeness (QED) is 0.573. The Morgan fingerprint density at radius 2 is 2.44 bits per heavy atom. The lowest BCUT2D eigenvalue weighted by molar-refractivity contribution is 0.871. The summed E-state index contributed by atoms with van der Waals surface area (Å²) >= 11 is 6.85. The maximum atomic E-state index is 8.39. The van der Waals surface area contributed by atoms with Gasteiger partial charge in [-0.15, -0.1) is 11.8 Å². The van der Waals surface area contributed by atoms with Crippen molar-refractivity contribution >= 4 is 28.2 Å². The van der Waals surface area contributed by atoms with Gasteiger partial charge in [-0.3, -0.25) is 4.98 Å². The minimum absolute atomic E-state index is 0.577. The zero-order chi connectivity index (χ0) is 11.6. The Balaban J connectivity index is 2.12. The van der Waals surface area contributed by atoms with Gasteiger partial charge in [0.1, 0.15) is 0 Å². The summed E-state index contributed by atoms with van der Waals surface area (Å²) in [6.07, 6.45) is 7.28. The van der Waals surface area contributed by atoms with Crippen molar-refractivity contribution in [2.45, 2.75) is 25.7 Å². The SMILES string of the molecule is N#CCCSC(=S)CCCc1cccnc1. The number of hydrogen-bond acceptors (Lipinski definition) is 4. The van der Waals surface area contributed by atoms with E-state index in [1.165, 1.54) is 5.56 Å². The second-order valence-corrected chi connectivity index (χ2v) is 5.28. The molecule has 0 aliphatic heterocycles. The number of nitriles is 1. The van der Waals surface area contributed by atoms with Crippen LogP contribution in [0.4, 0.5) is 0 Å². The number of aryl methyl sites for hydroxylation is 1. The van der Waals surface area contributed by atoms with Gasteiger partial charge in [0, 0.05) is 28.8 Å². The van der Waals surface area contributed by atoms with E-state index in [4.69, 9.17) is 17.5 Å². The van der Waals surface area contributed by atoms with Crippen LogP contribution < -0.4 is 0 Å². The van der Waals surface area contributed by atoms with Crippen LogP contribution in [0, 0.1) is 11.3 Å². The van der Waals surface area contributed by atoms with Crippen LogP contribution in [0.3, 0.4) is 0 Å². The fourth-order valence-electron chi connectivity index (χ4n) is 1.27. The van der Waals surface area contributed by atoms with Crippen LogP contribution >= 0.6 is 24.0 Å². The first kappa shape index (κ1) is 13.1. The van der Waals surface area contributed by atoms with Crippen LogP contribution in [-0.4, -0.2) is 14.9 Å². The van der Waals surface area contributed by atoms with Crippen molar-refractivity contribution in [3.05, 3.63) is 30.1 Å². The third kappa shape index (κ3) is 5.84. The number of pyridine rings is 1. The van der Waals surface area contributed by atoms with E-state index >= 15 is 0 Å². The molecule has 1 rings (SSSR count). The van der Waals surface area contributed by atoms with Gasteiger partial charge >= 0.3 is 0 Å². The lowest BCUT2D eigenvalue weighted by atomic mass is 10.1. The molecule has 0 atom stereocenters. The van der Waals surface area contributed by atoms with Crippen LogP contribution in [0.2, 0.25) is 0 Å². The molecule has 0 unspecified atom stereocenters. The van der Waals surface area contributed by atoms with Gasteiger partial charge in [0.25, 0.3) is 0 Å². The van der Waals surface area contributed by atoms with Gasteiger partial charge in [-0.05, 0) is 30.9 Å². The topological polar surface area (TPSA) is 36.7 Å². The van der Waals surface area contributed by atoms with Crippen molar-refractivity contribution < 1.29 is 0 Å². The third-order valence-corrected chi connectivity index (χ3v) is 3.54. The van der Waals surface area contributed by atoms with Crippen LogP contribution in [-0.2, 0) is 6.42 Å². The van der Waals surface area contributed by atoms with E-state index < -0.39 is 0 Å². The third-order valence-electron chi connectivity index (χ3n) is 2.05. The van der Waals surface area contributed by atoms with Crippen LogP contribution in [0.25, 0.3) is 0 Å². The summed E-state index contributed by atoms with van der Waals surface area (Å²) in [5.41, 5.74) is 1.26. The van der Waals surface area contributed by atoms with Gasteiger partial charge < -0.3 is 0 Å². The standard InChI is InChI=1S/C12H14N2S2/c13-7-3-9-16-12(15)6-1-4-11-5-2-8-14-10-11/h2,5,8,10H,1,3-4,6,9H2. The molecule has 0 amide bonds. The molecule has 0 saturated heterocycles. The zero-order valence-corrected chi connectivity index (χ0v) is 10.7. The highest BCUT2D eigenvalue weighted by atomic mass is 32.2. The van der Waals surface area contributed by atoms with Gasteiger partial charge in [-0.2, -0.15) is 5.26 Å². The number of nitrogens with zero attached hydrogens (tertiary/aromatic N) is 2. The molecule has 1 aromatic rings. The maximum Gasteiger partial charge on any atom is 0.0630 e. The molecular formula is C12H14N2S2. The van der Waals surface area contributed by atoms with E-state index in [2.05, 4.69) is 17.1 Å². The molecular weight excluding hydrogens is 236 g/mol. The minimum atomic E-state index is 0.577. The van der Waals surface area contributed by atoms with Gasteiger partial charge in [0.05, 0.1) is 6.07 Å². The lowest BCUT2D eigenvalue weighted by Crippen LogP contribution is -1.93. The summed E-state index contributed by atoms with van der Waals surface area (Å²) in [7, 11) is 0. The Morgan fingerprint density at radius 3 is 3.12 bits per heavy atom. The summed E-state index contributed by atoms with van der Waals surface area (Å²) in [6.45, 7) is 0. The predicted molar refractivity (Wildman–Crippen MR) is 72.5 cm³/mol. The van der Waals surface area contributed by atoms with Gasteiger partial charge in [-0.25, -0.2) is 0 Å². The first-order chi connectivity index (χ1) is 7.83. The molecule has 0 aliphatic carbocycles. The largest absolute Gasteiger partial charge is 0.264 e. The maximum absolute atomic E-state index is 8.39. The summed E-state index contributed by atoms with van der Waals surface area (Å²) in [6, 6.07) is 6.15. The van der Waals surface area contributed by atoms with Crippen molar-refractivity contribution in [2.75, 3.05) is 5.75 Å². The second kappa shape index (κ2) is 8.26. The molecule has 0 N–H and O–H groups in total. The number of hydrogen-bond donors (Lipinski definition) is 0. The fourth-order valence-corrected chi connectivity index (χ4v) is 2.37. The summed E-state index contributed by atoms with van der Waals surface area (Å²) in [4.78, 5) is 4.07. The van der Waals surface area contributed by atoms with Crippen LogP contribution in [0.5, 0.6) is 0 Å². The van der Waals surface area contributed by atoms with Crippen LogP contribution in [0.15, 0.2) is 24.5 Å². The van der Waals surface area contributed by atoms with E-state index in [9.17, 15) is 0 Å². The van der Waals surface area contributed by atoms with E-state index in [1.54, 1.807) is 18.0 Å². The van der Waals surface area contributed by atoms with E-state index in [0.29, 0.717) is 6.42 Å². The highest BCUT2D eigenvalue weighted by Crippen LogP contribution is 2.13. The van der Waals surface area contributed by atoms with Crippen molar-refractivity contribution in [1.82, 2.24) is 4.98 Å². The summed E-state index contributed by atoms with van der Waals surface area (Å²) < 4.78 is 1.01. The molecule has 1 aromatic heterocycles. The summed E-state index contributed by atoms with van der Waals surface area (Å²) in [5, 5.41) is 8.39. The highest BCUT2D eigenvalue weighted by molar-refractivity contribution is 8.23. The first-order valence-corrected chi connectivity index (χ1v) is 6.64. The smallest absolute Gasteiger partial charge is 0.0630 e.